The molecule has 0 radical (unpaired) electrons. The minimum absolute atomic E-state index is 0. The van der Waals surface area contributed by atoms with Gasteiger partial charge in [-0.05, 0) is 215 Å². The van der Waals surface area contributed by atoms with Gasteiger partial charge in [0, 0.05) is 88.1 Å². The third-order valence-corrected chi connectivity index (χ3v) is 16.0. The van der Waals surface area contributed by atoms with Gasteiger partial charge < -0.3 is 28.2 Å². The van der Waals surface area contributed by atoms with Crippen LogP contribution in [0.2, 0.25) is 0 Å². The molecule has 100 heavy (non-hydrogen) atoms. The van der Waals surface area contributed by atoms with Gasteiger partial charge in [-0.3, -0.25) is 0 Å². The average molecular weight is 1460 g/mol. The standard InChI is InChI=1S/C38H26N4O.C24H18N2.C14H9BrN2O.CH4.BrHO11/c1-3-11-27(12-4-1)37-39-40-38(43-37)28-19-21-30(22-20-28)41(29-13-5-2-6-14-29)31-23-25-32(26-24-31)42-35-17-9-7-15-33(35)34-16-8-10-18-36(34)42;1-2-8-18(9-3-1)25-19-14-16-20(17-15-19)26-23-12-6-4-10-21(23)22-11-5-7-13-24(22)26;15-12-8-6-11(7-9-12)14-17-16-13(18-14)10-4-2-1-3-5-10;;1-3-5-7-9-11-12-10-8-6-4-2/h1-26H;1-17,25H;1-9H;1H4;2H. The van der Waals surface area contributed by atoms with Gasteiger partial charge in [-0.1, -0.05) is 169 Å². The van der Waals surface area contributed by atoms with Gasteiger partial charge in [0.15, 0.2) is 0 Å². The number of benzene rings is 12. The predicted molar refractivity (Wildman–Crippen MR) is 387 cm³/mol. The van der Waals surface area contributed by atoms with E-state index < -0.39 is 0 Å². The predicted octanol–water partition coefficient (Wildman–Crippen LogP) is 21.5. The van der Waals surface area contributed by atoms with Crippen LogP contribution in [0.25, 0.3) is 101 Å². The lowest BCUT2D eigenvalue weighted by atomic mass is 10.1. The third-order valence-electron chi connectivity index (χ3n) is 15.3. The highest BCUT2D eigenvalue weighted by Gasteiger charge is 2.18. The highest BCUT2D eigenvalue weighted by molar-refractivity contribution is 9.10. The lowest BCUT2D eigenvalue weighted by Crippen LogP contribution is -2.10. The van der Waals surface area contributed by atoms with Gasteiger partial charge in [-0.2, -0.15) is 0 Å². The van der Waals surface area contributed by atoms with Crippen LogP contribution in [0, 0.1) is 0 Å². The third kappa shape index (κ3) is 16.6. The van der Waals surface area contributed by atoms with Gasteiger partial charge in [-0.25, -0.2) is 5.26 Å². The molecule has 0 amide bonds. The van der Waals surface area contributed by atoms with Gasteiger partial charge in [0.1, 0.15) is 16.3 Å². The zero-order valence-electron chi connectivity index (χ0n) is 51.8. The van der Waals surface area contributed by atoms with Crippen molar-refractivity contribution in [3.8, 4) is 57.2 Å². The number of para-hydroxylation sites is 6. The minimum atomic E-state index is 0. The molecule has 498 valence electrons. The Kier molecular flexibility index (Phi) is 23.5. The number of anilines is 5. The highest BCUT2D eigenvalue weighted by Crippen LogP contribution is 2.39. The second kappa shape index (κ2) is 34.2. The molecule has 12 aromatic carbocycles. The maximum absolute atomic E-state index is 7.42. The lowest BCUT2D eigenvalue weighted by Gasteiger charge is -2.26. The van der Waals surface area contributed by atoms with E-state index >= 15 is 0 Å². The van der Waals surface area contributed by atoms with Crippen molar-refractivity contribution in [3.05, 3.63) is 320 Å². The van der Waals surface area contributed by atoms with Crippen LogP contribution in [0.4, 0.5) is 28.4 Å². The molecule has 0 saturated heterocycles. The second-order valence-electron chi connectivity index (χ2n) is 21.3. The van der Waals surface area contributed by atoms with E-state index in [1.54, 1.807) is 0 Å². The van der Waals surface area contributed by atoms with Crippen molar-refractivity contribution in [2.75, 3.05) is 10.2 Å². The molecule has 21 nitrogen and oxygen atoms in total. The maximum atomic E-state index is 7.42. The molecule has 0 saturated carbocycles. The fraction of sp³-hybridized carbons (Fsp3) is 0.0130. The largest absolute Gasteiger partial charge is 0.416 e. The molecule has 4 aromatic heterocycles. The van der Waals surface area contributed by atoms with Crippen LogP contribution < -0.4 is 10.2 Å². The molecule has 0 atom stereocenters. The minimum Gasteiger partial charge on any atom is -0.416 e. The normalized spacial score (nSPS) is 10.9. The Bertz CT molecular complexity index is 5060. The monoisotopic (exact) mass is 1460 g/mol. The summed E-state index contributed by atoms with van der Waals surface area (Å²) in [6.45, 7) is 0. The second-order valence-corrected chi connectivity index (χ2v) is 22.4. The van der Waals surface area contributed by atoms with Crippen molar-refractivity contribution < 1.29 is 63.4 Å². The van der Waals surface area contributed by atoms with Crippen LogP contribution in [0.5, 0.6) is 0 Å². The van der Waals surface area contributed by atoms with Crippen LogP contribution in [0.1, 0.15) is 7.43 Å². The molecule has 0 spiro atoms. The van der Waals surface area contributed by atoms with Crippen LogP contribution in [0.3, 0.4) is 0 Å². The van der Waals surface area contributed by atoms with E-state index in [1.165, 1.54) is 49.3 Å². The summed E-state index contributed by atoms with van der Waals surface area (Å²) in [5, 5.41) is 63.0. The first-order valence-electron chi connectivity index (χ1n) is 30.4. The SMILES string of the molecule is Brc1ccc(-c2nnc(-c3ccccc3)o2)cc1.C.OOOOOOOOOOOBr.c1ccc(-c2nnc(-c3ccc(N(c4ccccc4)c4ccc(-n5c6ccccc6c6ccccc65)cc4)cc3)o2)cc1.c1ccc(Nc2ccc(-n3c4ccccc4c4ccccc43)cc2)cc1. The first-order chi connectivity index (χ1) is 49.0. The zero-order valence-corrected chi connectivity index (χ0v) is 54.9. The number of fused-ring (bicyclic) bond motifs is 6. The summed E-state index contributed by atoms with van der Waals surface area (Å²) < 4.78 is 21.0. The van der Waals surface area contributed by atoms with Crippen molar-refractivity contribution >= 4 is 104 Å². The zero-order chi connectivity index (χ0) is 67.4. The Morgan fingerprint density at radius 1 is 0.320 bits per heavy atom. The van der Waals surface area contributed by atoms with E-state index in [4.69, 9.17) is 14.1 Å². The van der Waals surface area contributed by atoms with Crippen molar-refractivity contribution in [1.29, 1.82) is 0 Å². The molecular weight excluding hydrogens is 1400 g/mol. The maximum Gasteiger partial charge on any atom is 0.248 e. The fourth-order valence-corrected chi connectivity index (χ4v) is 11.4. The summed E-state index contributed by atoms with van der Waals surface area (Å²) >= 11 is 5.70. The number of halogens is 2. The average Bonchev–Trinajstić information content (AvgIpc) is 1.61. The molecule has 0 aliphatic rings. The topological polar surface area (TPSA) is 216 Å². The molecular formula is C77H58Br2N8O13. The first kappa shape index (κ1) is 68.6. The van der Waals surface area contributed by atoms with E-state index in [0.29, 0.717) is 23.6 Å². The van der Waals surface area contributed by atoms with Crippen LogP contribution in [-0.2, 0) is 49.3 Å². The molecule has 4 heterocycles. The van der Waals surface area contributed by atoms with E-state index in [9.17, 15) is 0 Å². The Morgan fingerprint density at radius 2 is 0.620 bits per heavy atom. The Labute approximate surface area is 588 Å². The Morgan fingerprint density at radius 3 is 1.02 bits per heavy atom. The summed E-state index contributed by atoms with van der Waals surface area (Å²) in [7, 11) is 0. The molecule has 23 heteroatoms. The summed E-state index contributed by atoms with van der Waals surface area (Å²) in [5.41, 5.74) is 16.1. The summed E-state index contributed by atoms with van der Waals surface area (Å²) in [5.74, 6) is 2.07. The molecule has 0 fully saturated rings. The number of rotatable bonds is 20. The van der Waals surface area contributed by atoms with Crippen LogP contribution in [0.15, 0.2) is 329 Å². The van der Waals surface area contributed by atoms with Gasteiger partial charge in [-0.15, -0.1) is 24.4 Å². The number of hydrogen-bond donors (Lipinski definition) is 2. The lowest BCUT2D eigenvalue weighted by molar-refractivity contribution is -0.851. The van der Waals surface area contributed by atoms with Gasteiger partial charge in [0.2, 0.25) is 23.6 Å². The van der Waals surface area contributed by atoms with Crippen molar-refractivity contribution in [3.63, 3.8) is 0 Å². The summed E-state index contributed by atoms with van der Waals surface area (Å²) in [4.78, 5) is 2.25. The molecule has 0 unspecified atom stereocenters. The number of hydrogen-bond acceptors (Lipinski definition) is 19. The summed E-state index contributed by atoms with van der Waals surface area (Å²) in [6.07, 6.45) is 0. The van der Waals surface area contributed by atoms with Gasteiger partial charge in [0.05, 0.1) is 22.1 Å². The van der Waals surface area contributed by atoms with Gasteiger partial charge >= 0.3 is 0 Å². The summed E-state index contributed by atoms with van der Waals surface area (Å²) in [6, 6.07) is 108. The Hall–Kier alpha value is -11.4. The Balaban J connectivity index is 0.000000141. The number of nitrogens with zero attached hydrogens (tertiary/aromatic N) is 7. The van der Waals surface area contributed by atoms with Crippen molar-refractivity contribution in [2.45, 2.75) is 7.43 Å². The molecule has 2 N–H and O–H groups in total. The number of nitrogens with one attached hydrogen (secondary N) is 1. The first-order valence-corrected chi connectivity index (χ1v) is 31.8. The molecule has 16 rings (SSSR count). The van der Waals surface area contributed by atoms with Crippen molar-refractivity contribution in [2.24, 2.45) is 0 Å². The number of aromatic nitrogens is 6. The quantitative estimate of drug-likeness (QED) is 0.0412. The molecule has 16 aromatic rings. The van der Waals surface area contributed by atoms with E-state index in [1.807, 2.05) is 121 Å². The fourth-order valence-electron chi connectivity index (χ4n) is 11.1. The van der Waals surface area contributed by atoms with E-state index in [2.05, 4.69) is 315 Å². The van der Waals surface area contributed by atoms with E-state index in [0.717, 1.165) is 60.9 Å². The van der Waals surface area contributed by atoms with Gasteiger partial charge in [0.25, 0.3) is 0 Å². The van der Waals surface area contributed by atoms with E-state index in [-0.39, 0.29) is 7.43 Å². The van der Waals surface area contributed by atoms with Crippen LogP contribution >= 0.6 is 32.2 Å². The van der Waals surface area contributed by atoms with Crippen LogP contribution in [-0.4, -0.2) is 34.8 Å². The van der Waals surface area contributed by atoms with Crippen molar-refractivity contribution in [1.82, 2.24) is 29.5 Å². The smallest absolute Gasteiger partial charge is 0.248 e. The highest BCUT2D eigenvalue weighted by atomic mass is 79.9. The molecule has 0 aliphatic heterocycles. The molecule has 0 aliphatic carbocycles. The molecule has 0 bridgehead atoms.